The molecular formula is C6H9NO3S. The van der Waals surface area contributed by atoms with Gasteiger partial charge in [-0.25, -0.2) is 13.1 Å². The average Bonchev–Trinajstić information content (AvgIpc) is 1.99. The summed E-state index contributed by atoms with van der Waals surface area (Å²) in [6, 6.07) is 0. The molecular weight excluding hydrogens is 166 g/mol. The molecule has 5 heteroatoms. The molecule has 0 unspecified atom stereocenters. The molecule has 0 radical (unpaired) electrons. The van der Waals surface area contributed by atoms with Gasteiger partial charge in [-0.2, -0.15) is 0 Å². The minimum atomic E-state index is -3.85. The Morgan fingerprint density at radius 1 is 1.45 bits per heavy atom. The predicted molar refractivity (Wildman–Crippen MR) is 42.3 cm³/mol. The van der Waals surface area contributed by atoms with Gasteiger partial charge >= 0.3 is 0 Å². The number of rotatable bonds is 4. The van der Waals surface area contributed by atoms with Crippen LogP contribution in [0.5, 0.6) is 0 Å². The monoisotopic (exact) mass is 175 g/mol. The lowest BCUT2D eigenvalue weighted by atomic mass is 10.7. The van der Waals surface area contributed by atoms with Gasteiger partial charge in [-0.1, -0.05) is 12.7 Å². The second-order valence-corrected chi connectivity index (χ2v) is 3.36. The number of sulfonamides is 1. The number of nitrogens with one attached hydrogen (secondary N) is 1. The Bertz CT molecular complexity index is 266. The maximum Gasteiger partial charge on any atom is 0.283 e. The molecule has 0 aromatic rings. The van der Waals surface area contributed by atoms with Crippen LogP contribution in [-0.2, 0) is 14.8 Å². The van der Waals surface area contributed by atoms with Crippen LogP contribution in [0.4, 0.5) is 0 Å². The van der Waals surface area contributed by atoms with Crippen molar-refractivity contribution in [2.45, 2.75) is 0 Å². The normalized spacial score (nSPS) is 10.5. The fraction of sp³-hybridized carbons (Fsp3) is 0.167. The van der Waals surface area contributed by atoms with Gasteiger partial charge in [0.2, 0.25) is 0 Å². The molecule has 0 fully saturated rings. The Morgan fingerprint density at radius 2 is 2.00 bits per heavy atom. The van der Waals surface area contributed by atoms with Crippen molar-refractivity contribution in [3.05, 3.63) is 25.3 Å². The third-order valence-electron chi connectivity index (χ3n) is 0.849. The van der Waals surface area contributed by atoms with E-state index in [0.29, 0.717) is 0 Å². The van der Waals surface area contributed by atoms with Crippen LogP contribution in [0.3, 0.4) is 0 Å². The van der Waals surface area contributed by atoms with E-state index in [4.69, 9.17) is 0 Å². The van der Waals surface area contributed by atoms with Crippen molar-refractivity contribution in [1.82, 2.24) is 4.72 Å². The maximum absolute atomic E-state index is 10.7. The van der Waals surface area contributed by atoms with Crippen LogP contribution < -0.4 is 4.72 Å². The van der Waals surface area contributed by atoms with Crippen LogP contribution in [-0.4, -0.2) is 20.1 Å². The van der Waals surface area contributed by atoms with E-state index in [2.05, 4.69) is 13.2 Å². The highest BCUT2D eigenvalue weighted by Gasteiger charge is 2.16. The van der Waals surface area contributed by atoms with Gasteiger partial charge in [-0.3, -0.25) is 4.79 Å². The van der Waals surface area contributed by atoms with Crippen molar-refractivity contribution in [2.75, 3.05) is 6.54 Å². The smallest absolute Gasteiger partial charge is 0.275 e. The zero-order valence-corrected chi connectivity index (χ0v) is 6.73. The molecule has 1 N–H and O–H groups in total. The second-order valence-electron chi connectivity index (χ2n) is 1.66. The fourth-order valence-electron chi connectivity index (χ4n) is 0.349. The minimum absolute atomic E-state index is 0.0436. The highest BCUT2D eigenvalue weighted by Crippen LogP contribution is 1.86. The number of carbonyl (C=O) groups excluding carboxylic acids is 1. The lowest BCUT2D eigenvalue weighted by Gasteiger charge is -1.97. The van der Waals surface area contributed by atoms with Crippen LogP contribution in [0.25, 0.3) is 0 Å². The molecule has 0 rings (SSSR count). The van der Waals surface area contributed by atoms with Crippen LogP contribution >= 0.6 is 0 Å². The highest BCUT2D eigenvalue weighted by atomic mass is 32.2. The van der Waals surface area contributed by atoms with E-state index in [0.717, 1.165) is 6.08 Å². The first kappa shape index (κ1) is 10.1. The van der Waals surface area contributed by atoms with E-state index >= 15 is 0 Å². The Balaban J connectivity index is 4.35. The SMILES string of the molecule is C=CCNS(=O)(=O)C(=O)C=C. The van der Waals surface area contributed by atoms with E-state index < -0.39 is 15.1 Å². The fourth-order valence-corrected chi connectivity index (χ4v) is 1.05. The molecule has 0 aliphatic carbocycles. The summed E-state index contributed by atoms with van der Waals surface area (Å²) in [4.78, 5) is 10.5. The molecule has 0 aliphatic heterocycles. The first-order chi connectivity index (χ1) is 5.04. The molecule has 62 valence electrons. The summed E-state index contributed by atoms with van der Waals surface area (Å²) in [7, 11) is -3.85. The summed E-state index contributed by atoms with van der Waals surface area (Å²) < 4.78 is 23.5. The molecule has 0 spiro atoms. The summed E-state index contributed by atoms with van der Waals surface area (Å²) in [5, 5.41) is -1.03. The minimum Gasteiger partial charge on any atom is -0.275 e. The van der Waals surface area contributed by atoms with Crippen LogP contribution in [0.15, 0.2) is 25.3 Å². The zero-order valence-electron chi connectivity index (χ0n) is 5.91. The van der Waals surface area contributed by atoms with Gasteiger partial charge in [0.1, 0.15) is 0 Å². The summed E-state index contributed by atoms with van der Waals surface area (Å²) in [5.74, 6) is 0. The second kappa shape index (κ2) is 4.05. The van der Waals surface area contributed by atoms with Crippen LogP contribution in [0, 0.1) is 0 Å². The summed E-state index contributed by atoms with van der Waals surface area (Å²) in [6.07, 6.45) is 2.08. The molecule has 0 saturated heterocycles. The van der Waals surface area contributed by atoms with Crippen LogP contribution in [0.1, 0.15) is 0 Å². The topological polar surface area (TPSA) is 63.2 Å². The van der Waals surface area contributed by atoms with Gasteiger partial charge in [-0.15, -0.1) is 6.58 Å². The molecule has 0 atom stereocenters. The maximum atomic E-state index is 10.7. The largest absolute Gasteiger partial charge is 0.283 e. The Labute approximate surface area is 65.7 Å². The third kappa shape index (κ3) is 3.10. The lowest BCUT2D eigenvalue weighted by molar-refractivity contribution is -0.107. The predicted octanol–water partition coefficient (Wildman–Crippen LogP) is -0.196. The van der Waals surface area contributed by atoms with E-state index in [1.165, 1.54) is 6.08 Å². The van der Waals surface area contributed by atoms with Gasteiger partial charge < -0.3 is 0 Å². The Hall–Kier alpha value is -0.940. The molecule has 0 aromatic heterocycles. The van der Waals surface area contributed by atoms with E-state index in [1.54, 1.807) is 0 Å². The molecule has 0 heterocycles. The lowest BCUT2D eigenvalue weighted by Crippen LogP contribution is -2.29. The van der Waals surface area contributed by atoms with Crippen molar-refractivity contribution in [3.63, 3.8) is 0 Å². The standard InChI is InChI=1S/C6H9NO3S/c1-3-5-7-11(9,10)6(8)4-2/h3-4,7H,1-2,5H2. The molecule has 4 nitrogen and oxygen atoms in total. The van der Waals surface area contributed by atoms with Gasteiger partial charge in [0.25, 0.3) is 15.1 Å². The van der Waals surface area contributed by atoms with Crippen molar-refractivity contribution in [1.29, 1.82) is 0 Å². The average molecular weight is 175 g/mol. The Morgan fingerprint density at radius 3 is 2.36 bits per heavy atom. The van der Waals surface area contributed by atoms with Gasteiger partial charge in [-0.05, 0) is 6.08 Å². The van der Waals surface area contributed by atoms with Gasteiger partial charge in [0, 0.05) is 6.54 Å². The quantitative estimate of drug-likeness (QED) is 0.475. The van der Waals surface area contributed by atoms with Crippen molar-refractivity contribution in [2.24, 2.45) is 0 Å². The number of hydrogen-bond donors (Lipinski definition) is 1. The summed E-state index contributed by atoms with van der Waals surface area (Å²) in [6.45, 7) is 6.37. The summed E-state index contributed by atoms with van der Waals surface area (Å²) >= 11 is 0. The van der Waals surface area contributed by atoms with Crippen molar-refractivity contribution in [3.8, 4) is 0 Å². The molecule has 0 amide bonds. The van der Waals surface area contributed by atoms with E-state index in [9.17, 15) is 13.2 Å². The van der Waals surface area contributed by atoms with Gasteiger partial charge in [0.05, 0.1) is 0 Å². The molecule has 0 aliphatic rings. The number of carbonyl (C=O) groups is 1. The number of hydrogen-bond acceptors (Lipinski definition) is 3. The molecule has 0 bridgehead atoms. The van der Waals surface area contributed by atoms with Crippen molar-refractivity contribution < 1.29 is 13.2 Å². The Kier molecular flexibility index (Phi) is 3.70. The molecule has 0 aromatic carbocycles. The molecule has 11 heavy (non-hydrogen) atoms. The van der Waals surface area contributed by atoms with Crippen molar-refractivity contribution >= 4 is 15.1 Å². The van der Waals surface area contributed by atoms with E-state index in [1.807, 2.05) is 4.72 Å². The third-order valence-corrected chi connectivity index (χ3v) is 2.09. The first-order valence-corrected chi connectivity index (χ1v) is 4.30. The molecule has 0 saturated carbocycles. The van der Waals surface area contributed by atoms with Crippen LogP contribution in [0.2, 0.25) is 0 Å². The van der Waals surface area contributed by atoms with Gasteiger partial charge in [0.15, 0.2) is 0 Å². The highest BCUT2D eigenvalue weighted by molar-refractivity contribution is 8.04. The first-order valence-electron chi connectivity index (χ1n) is 2.81. The zero-order chi connectivity index (χ0) is 8.91. The van der Waals surface area contributed by atoms with E-state index in [-0.39, 0.29) is 6.54 Å². The summed E-state index contributed by atoms with van der Waals surface area (Å²) in [5.41, 5.74) is 0.